The molecule has 1 aromatic heterocycles. The molecular weight excluding hydrogens is 442 g/mol. The minimum Gasteiger partial charge on any atom is -0.450 e. The van der Waals surface area contributed by atoms with Crippen LogP contribution in [0.5, 0.6) is 0 Å². The lowest BCUT2D eigenvalue weighted by Crippen LogP contribution is -2.53. The van der Waals surface area contributed by atoms with Gasteiger partial charge in [-0.3, -0.25) is 5.32 Å². The highest BCUT2D eigenvalue weighted by atomic mass is 19.4. The molecule has 0 spiro atoms. The van der Waals surface area contributed by atoms with Crippen LogP contribution in [0.3, 0.4) is 0 Å². The Labute approximate surface area is 178 Å². The van der Waals surface area contributed by atoms with E-state index in [1.807, 2.05) is 0 Å². The van der Waals surface area contributed by atoms with Crippen molar-refractivity contribution in [3.05, 3.63) is 65.9 Å². The first-order chi connectivity index (χ1) is 14.9. The van der Waals surface area contributed by atoms with E-state index >= 15 is 0 Å². The molecule has 0 bridgehead atoms. The molecule has 1 amide bonds. The third kappa shape index (κ3) is 4.38. The number of alkyl halides is 6. The van der Waals surface area contributed by atoms with Gasteiger partial charge in [0.25, 0.3) is 5.60 Å². The van der Waals surface area contributed by atoms with Crippen molar-refractivity contribution in [3.63, 3.8) is 0 Å². The lowest BCUT2D eigenvalue weighted by atomic mass is 9.91. The number of nitrogens with one attached hydrogen (secondary N) is 1. The van der Waals surface area contributed by atoms with Crippen LogP contribution < -0.4 is 5.32 Å². The molecule has 0 atom stereocenters. The Hall–Kier alpha value is -3.21. The second-order valence-electron chi connectivity index (χ2n) is 6.97. The minimum atomic E-state index is -5.93. The van der Waals surface area contributed by atoms with Gasteiger partial charge >= 0.3 is 18.4 Å². The highest BCUT2D eigenvalue weighted by Crippen LogP contribution is 2.49. The monoisotopic (exact) mass is 460 g/mol. The van der Waals surface area contributed by atoms with E-state index in [0.717, 1.165) is 23.0 Å². The van der Waals surface area contributed by atoms with Crippen molar-refractivity contribution < 1.29 is 41.0 Å². The summed E-state index contributed by atoms with van der Waals surface area (Å²) in [6.07, 6.45) is -10.8. The third-order valence-corrected chi connectivity index (χ3v) is 4.84. The number of halogens is 6. The molecule has 3 aromatic rings. The van der Waals surface area contributed by atoms with Crippen molar-refractivity contribution >= 4 is 22.7 Å². The number of aliphatic hydroxyl groups is 1. The van der Waals surface area contributed by atoms with E-state index in [1.54, 1.807) is 42.0 Å². The molecule has 11 heteroatoms. The van der Waals surface area contributed by atoms with E-state index in [1.165, 1.54) is 0 Å². The minimum absolute atomic E-state index is 0.158. The molecule has 3 rings (SSSR count). The number of carbonyl (C=O) groups is 1. The number of hydrogen-bond donors (Lipinski definition) is 2. The highest BCUT2D eigenvalue weighted by molar-refractivity contribution is 5.90. The van der Waals surface area contributed by atoms with Gasteiger partial charge in [-0.15, -0.1) is 0 Å². The molecule has 172 valence electrons. The third-order valence-electron chi connectivity index (χ3n) is 4.84. The van der Waals surface area contributed by atoms with Crippen LogP contribution >= 0.6 is 0 Å². The molecule has 5 nitrogen and oxygen atoms in total. The normalized spacial score (nSPS) is 12.8. The lowest BCUT2D eigenvalue weighted by molar-refractivity contribution is -0.376. The van der Waals surface area contributed by atoms with E-state index in [2.05, 4.69) is 5.32 Å². The van der Waals surface area contributed by atoms with Crippen molar-refractivity contribution in [2.75, 3.05) is 11.9 Å². The van der Waals surface area contributed by atoms with Crippen LogP contribution in [0, 0.1) is 0 Å². The zero-order valence-corrected chi connectivity index (χ0v) is 16.6. The van der Waals surface area contributed by atoms with Gasteiger partial charge < -0.3 is 14.4 Å². The zero-order valence-electron chi connectivity index (χ0n) is 16.6. The molecular formula is C21H18F6N2O3. The number of hydrogen-bond acceptors (Lipinski definition) is 3. The first-order valence-electron chi connectivity index (χ1n) is 9.34. The van der Waals surface area contributed by atoms with Crippen LogP contribution in [0.1, 0.15) is 18.1 Å². The van der Waals surface area contributed by atoms with E-state index in [9.17, 15) is 36.2 Å². The van der Waals surface area contributed by atoms with Crippen LogP contribution in [0.4, 0.5) is 36.8 Å². The van der Waals surface area contributed by atoms with Gasteiger partial charge in [-0.1, -0.05) is 24.3 Å². The van der Waals surface area contributed by atoms with E-state index in [4.69, 9.17) is 4.74 Å². The Balaban J connectivity index is 1.83. The van der Waals surface area contributed by atoms with Crippen molar-refractivity contribution in [2.45, 2.75) is 31.4 Å². The summed E-state index contributed by atoms with van der Waals surface area (Å²) in [5.41, 5.74) is -4.62. The molecule has 0 saturated heterocycles. The van der Waals surface area contributed by atoms with Gasteiger partial charge in [0.2, 0.25) is 0 Å². The fraction of sp³-hybridized carbons (Fsp3) is 0.286. The number of nitrogens with zero attached hydrogens (tertiary/aromatic N) is 1. The number of carbonyl (C=O) groups excluding carboxylic acids is 1. The highest BCUT2D eigenvalue weighted by Gasteiger charge is 2.71. The van der Waals surface area contributed by atoms with Crippen molar-refractivity contribution in [1.82, 2.24) is 4.57 Å². The SMILES string of the molecule is CCOC(=O)Nc1ccc2c(ccn2Cc2ccc(C(O)(C(F)(F)F)C(F)(F)F)cc2)c1. The molecule has 0 aliphatic rings. The second-order valence-corrected chi connectivity index (χ2v) is 6.97. The molecule has 0 unspecified atom stereocenters. The standard InChI is InChI=1S/C21H18F6N2O3/c1-2-32-18(30)28-16-7-8-17-14(11-16)9-10-29(17)12-13-3-5-15(6-4-13)19(31,20(22,23)24)21(25,26)27/h3-11,31H,2,12H2,1H3,(H,28,30). The van der Waals surface area contributed by atoms with Crippen molar-refractivity contribution in [1.29, 1.82) is 0 Å². The smallest absolute Gasteiger partial charge is 0.430 e. The van der Waals surface area contributed by atoms with Crippen molar-refractivity contribution in [3.8, 4) is 0 Å². The van der Waals surface area contributed by atoms with E-state index in [-0.39, 0.29) is 13.2 Å². The number of fused-ring (bicyclic) bond motifs is 1. The van der Waals surface area contributed by atoms with Crippen LogP contribution in [-0.2, 0) is 16.9 Å². The molecule has 0 fully saturated rings. The first kappa shape index (κ1) is 23.5. The van der Waals surface area contributed by atoms with Crippen LogP contribution in [0.2, 0.25) is 0 Å². The topological polar surface area (TPSA) is 63.5 Å². The Morgan fingerprint density at radius 3 is 2.19 bits per heavy atom. The van der Waals surface area contributed by atoms with Gasteiger partial charge in [0.05, 0.1) is 6.61 Å². The summed E-state index contributed by atoms with van der Waals surface area (Å²) in [6, 6.07) is 10.2. The summed E-state index contributed by atoms with van der Waals surface area (Å²) in [5.74, 6) is 0. The average molecular weight is 460 g/mol. The Kier molecular flexibility index (Phi) is 6.14. The van der Waals surface area contributed by atoms with Gasteiger partial charge in [0.15, 0.2) is 0 Å². The van der Waals surface area contributed by atoms with Crippen molar-refractivity contribution in [2.24, 2.45) is 0 Å². The van der Waals surface area contributed by atoms with Gasteiger partial charge in [0.1, 0.15) is 0 Å². The Bertz CT molecular complexity index is 1090. The van der Waals surface area contributed by atoms with Gasteiger partial charge in [0, 0.05) is 34.9 Å². The molecule has 0 radical (unpaired) electrons. The number of anilines is 1. The fourth-order valence-electron chi connectivity index (χ4n) is 3.24. The average Bonchev–Trinajstić information content (AvgIpc) is 3.08. The molecule has 2 aromatic carbocycles. The number of amides is 1. The second kappa shape index (κ2) is 8.38. The maximum Gasteiger partial charge on any atom is 0.430 e. The van der Waals surface area contributed by atoms with Crippen LogP contribution in [0.25, 0.3) is 10.9 Å². The summed E-state index contributed by atoms with van der Waals surface area (Å²) < 4.78 is 84.6. The maximum absolute atomic E-state index is 13.0. The van der Waals surface area contributed by atoms with Gasteiger partial charge in [-0.05, 0) is 36.8 Å². The summed E-state index contributed by atoms with van der Waals surface area (Å²) in [5, 5.41) is 12.8. The molecule has 0 aliphatic carbocycles. The Morgan fingerprint density at radius 2 is 1.62 bits per heavy atom. The summed E-state index contributed by atoms with van der Waals surface area (Å²) in [7, 11) is 0. The van der Waals surface area contributed by atoms with Gasteiger partial charge in [-0.25, -0.2) is 4.79 Å². The molecule has 32 heavy (non-hydrogen) atoms. The fourth-order valence-corrected chi connectivity index (χ4v) is 3.24. The largest absolute Gasteiger partial charge is 0.450 e. The number of benzene rings is 2. The molecule has 0 saturated carbocycles. The summed E-state index contributed by atoms with van der Waals surface area (Å²) in [6.45, 7) is 2.04. The van der Waals surface area contributed by atoms with Crippen LogP contribution in [-0.4, -0.2) is 34.7 Å². The summed E-state index contributed by atoms with van der Waals surface area (Å²) >= 11 is 0. The molecule has 1 heterocycles. The number of ether oxygens (including phenoxy) is 1. The molecule has 2 N–H and O–H groups in total. The zero-order chi connectivity index (χ0) is 23.7. The number of aromatic nitrogens is 1. The summed E-state index contributed by atoms with van der Waals surface area (Å²) in [4.78, 5) is 11.5. The predicted octanol–water partition coefficient (Wildman–Crippen LogP) is 5.57. The molecule has 0 aliphatic heterocycles. The predicted molar refractivity (Wildman–Crippen MR) is 104 cm³/mol. The Morgan fingerprint density at radius 1 is 1.00 bits per heavy atom. The van der Waals surface area contributed by atoms with E-state index in [0.29, 0.717) is 23.4 Å². The lowest BCUT2D eigenvalue weighted by Gasteiger charge is -2.32. The first-order valence-corrected chi connectivity index (χ1v) is 9.34. The van der Waals surface area contributed by atoms with E-state index < -0.39 is 29.6 Å². The number of rotatable bonds is 5. The van der Waals surface area contributed by atoms with Gasteiger partial charge in [-0.2, -0.15) is 26.3 Å². The maximum atomic E-state index is 13.0. The quantitative estimate of drug-likeness (QED) is 0.490. The van der Waals surface area contributed by atoms with Crippen LogP contribution in [0.15, 0.2) is 54.7 Å².